The van der Waals surface area contributed by atoms with Crippen LogP contribution in [0.3, 0.4) is 0 Å². The number of nitro benzene ring substituents is 1. The summed E-state index contributed by atoms with van der Waals surface area (Å²) in [6.07, 6.45) is 9.01. The van der Waals surface area contributed by atoms with E-state index in [9.17, 15) is 14.9 Å². The lowest BCUT2D eigenvalue weighted by atomic mass is 9.54. The molecule has 1 aromatic heterocycles. The lowest BCUT2D eigenvalue weighted by molar-refractivity contribution is -0.384. The van der Waals surface area contributed by atoms with Gasteiger partial charge in [-0.2, -0.15) is 0 Å². The molecule has 0 unspecified atom stereocenters. The van der Waals surface area contributed by atoms with Crippen LogP contribution in [0.2, 0.25) is 0 Å². The summed E-state index contributed by atoms with van der Waals surface area (Å²) in [4.78, 5) is 27.4. The zero-order valence-electron chi connectivity index (χ0n) is 16.3. The molecule has 0 saturated heterocycles. The van der Waals surface area contributed by atoms with Gasteiger partial charge in [0.25, 0.3) is 11.6 Å². The number of hydrogen-bond acceptors (Lipinski definition) is 5. The molecule has 0 radical (unpaired) electrons. The molecule has 4 fully saturated rings. The van der Waals surface area contributed by atoms with Gasteiger partial charge in [0, 0.05) is 22.7 Å². The predicted octanol–water partition coefficient (Wildman–Crippen LogP) is 5.35. The van der Waals surface area contributed by atoms with E-state index in [-0.39, 0.29) is 16.9 Å². The highest BCUT2D eigenvalue weighted by Crippen LogP contribution is 2.56. The number of pyridine rings is 1. The Morgan fingerprint density at radius 1 is 1.13 bits per heavy atom. The maximum Gasteiger partial charge on any atom is 0.270 e. The van der Waals surface area contributed by atoms with Gasteiger partial charge in [-0.05, 0) is 84.3 Å². The molecule has 6 rings (SSSR count). The molecule has 1 amide bonds. The number of carbonyl (C=O) groups excluding carboxylic acids is 1. The van der Waals surface area contributed by atoms with Crippen LogP contribution in [-0.4, -0.2) is 21.4 Å². The number of nitrogens with one attached hydrogen (secondary N) is 1. The molecular weight excluding hydrogens is 450 g/mol. The third-order valence-electron chi connectivity index (χ3n) is 6.70. The van der Waals surface area contributed by atoms with Crippen LogP contribution in [0.1, 0.15) is 48.9 Å². The maximum atomic E-state index is 12.6. The molecule has 4 bridgehead atoms. The van der Waals surface area contributed by atoms with E-state index < -0.39 is 10.8 Å². The molecule has 4 aliphatic rings. The highest BCUT2D eigenvalue weighted by molar-refractivity contribution is 9.10. The standard InChI is InChI=1S/C22H22BrN3O4/c23-19-3-2-17(26(28)29)8-18(19)21(27)25-16-1-4-20(24-12-16)30-22-9-13-5-14(10-22)7-15(6-13)11-22/h1-4,8,12-15H,5-7,9-11H2,(H,25,27). The largest absolute Gasteiger partial charge is 0.471 e. The van der Waals surface area contributed by atoms with Gasteiger partial charge in [0.1, 0.15) is 5.60 Å². The molecule has 4 saturated carbocycles. The normalized spacial score (nSPS) is 28.9. The van der Waals surface area contributed by atoms with Crippen molar-refractivity contribution in [3.8, 4) is 5.88 Å². The number of benzene rings is 1. The Morgan fingerprint density at radius 3 is 2.37 bits per heavy atom. The quantitative estimate of drug-likeness (QED) is 0.468. The SMILES string of the molecule is O=C(Nc1ccc(OC23CC4CC(CC(C4)C2)C3)nc1)c1cc([N+](=O)[O-])ccc1Br. The second kappa shape index (κ2) is 7.34. The van der Waals surface area contributed by atoms with E-state index in [1.165, 1.54) is 37.5 Å². The lowest BCUT2D eigenvalue weighted by Crippen LogP contribution is -2.53. The number of anilines is 1. The summed E-state index contributed by atoms with van der Waals surface area (Å²) in [6.45, 7) is 0. The first-order chi connectivity index (χ1) is 14.4. The number of hydrogen-bond donors (Lipinski definition) is 1. The number of amides is 1. The number of nitrogens with zero attached hydrogens (tertiary/aromatic N) is 2. The van der Waals surface area contributed by atoms with Crippen LogP contribution in [0, 0.1) is 27.9 Å². The third kappa shape index (κ3) is 3.69. The maximum absolute atomic E-state index is 12.6. The summed E-state index contributed by atoms with van der Waals surface area (Å²) in [5, 5.41) is 13.7. The molecular formula is C22H22BrN3O4. The number of non-ortho nitro benzene ring substituents is 1. The Labute approximate surface area is 182 Å². The monoisotopic (exact) mass is 471 g/mol. The molecule has 0 aliphatic heterocycles. The van der Waals surface area contributed by atoms with Gasteiger partial charge in [-0.25, -0.2) is 4.98 Å². The van der Waals surface area contributed by atoms with E-state index in [1.54, 1.807) is 18.3 Å². The summed E-state index contributed by atoms with van der Waals surface area (Å²) in [5.41, 5.74) is 0.496. The molecule has 0 atom stereocenters. The predicted molar refractivity (Wildman–Crippen MR) is 115 cm³/mol. The minimum atomic E-state index is -0.526. The first-order valence-electron chi connectivity index (χ1n) is 10.3. The molecule has 8 heteroatoms. The zero-order valence-corrected chi connectivity index (χ0v) is 17.9. The van der Waals surface area contributed by atoms with Crippen molar-refractivity contribution < 1.29 is 14.5 Å². The number of nitro groups is 1. The van der Waals surface area contributed by atoms with Crippen LogP contribution in [0.25, 0.3) is 0 Å². The Kier molecular flexibility index (Phi) is 4.76. The van der Waals surface area contributed by atoms with Gasteiger partial charge in [-0.1, -0.05) is 0 Å². The number of ether oxygens (including phenoxy) is 1. The van der Waals surface area contributed by atoms with Crippen LogP contribution in [-0.2, 0) is 0 Å². The number of halogens is 1. The zero-order chi connectivity index (χ0) is 20.9. The molecule has 156 valence electrons. The van der Waals surface area contributed by atoms with Gasteiger partial charge in [0.05, 0.1) is 22.4 Å². The highest BCUT2D eigenvalue weighted by atomic mass is 79.9. The van der Waals surface area contributed by atoms with Crippen LogP contribution in [0.5, 0.6) is 5.88 Å². The Bertz CT molecular complexity index is 973. The van der Waals surface area contributed by atoms with Crippen molar-refractivity contribution in [3.63, 3.8) is 0 Å². The third-order valence-corrected chi connectivity index (χ3v) is 7.39. The number of carbonyl (C=O) groups is 1. The van der Waals surface area contributed by atoms with Gasteiger partial charge in [-0.15, -0.1) is 0 Å². The van der Waals surface area contributed by atoms with Gasteiger partial charge in [-0.3, -0.25) is 14.9 Å². The van der Waals surface area contributed by atoms with Crippen molar-refractivity contribution in [2.24, 2.45) is 17.8 Å². The average Bonchev–Trinajstić information content (AvgIpc) is 2.68. The number of rotatable bonds is 5. The molecule has 30 heavy (non-hydrogen) atoms. The Hall–Kier alpha value is -2.48. The first kappa shape index (κ1) is 19.5. The Balaban J connectivity index is 1.27. The van der Waals surface area contributed by atoms with Crippen LogP contribution >= 0.6 is 15.9 Å². The van der Waals surface area contributed by atoms with Crippen molar-refractivity contribution in [1.82, 2.24) is 4.98 Å². The highest BCUT2D eigenvalue weighted by Gasteiger charge is 2.52. The average molecular weight is 472 g/mol. The molecule has 1 aromatic carbocycles. The van der Waals surface area contributed by atoms with E-state index >= 15 is 0 Å². The van der Waals surface area contributed by atoms with Gasteiger partial charge < -0.3 is 10.1 Å². The van der Waals surface area contributed by atoms with E-state index in [2.05, 4.69) is 26.2 Å². The van der Waals surface area contributed by atoms with Gasteiger partial charge >= 0.3 is 0 Å². The summed E-state index contributed by atoms with van der Waals surface area (Å²) in [6, 6.07) is 7.63. The topological polar surface area (TPSA) is 94.4 Å². The van der Waals surface area contributed by atoms with Crippen LogP contribution in [0.15, 0.2) is 41.0 Å². The van der Waals surface area contributed by atoms with E-state index in [0.29, 0.717) is 16.0 Å². The minimum Gasteiger partial charge on any atom is -0.471 e. The second-order valence-corrected chi connectivity index (χ2v) is 9.82. The van der Waals surface area contributed by atoms with Gasteiger partial charge in [0.15, 0.2) is 0 Å². The van der Waals surface area contributed by atoms with Crippen molar-refractivity contribution in [3.05, 3.63) is 56.7 Å². The smallest absolute Gasteiger partial charge is 0.270 e. The van der Waals surface area contributed by atoms with Crippen molar-refractivity contribution in [1.29, 1.82) is 0 Å². The molecule has 7 nitrogen and oxygen atoms in total. The molecule has 1 heterocycles. The summed E-state index contributed by atoms with van der Waals surface area (Å²) >= 11 is 3.27. The summed E-state index contributed by atoms with van der Waals surface area (Å²) in [7, 11) is 0. The van der Waals surface area contributed by atoms with Gasteiger partial charge in [0.2, 0.25) is 5.88 Å². The van der Waals surface area contributed by atoms with E-state index in [0.717, 1.165) is 37.0 Å². The minimum absolute atomic E-state index is 0.0691. The fraction of sp³-hybridized carbons (Fsp3) is 0.455. The van der Waals surface area contributed by atoms with E-state index in [1.807, 2.05) is 0 Å². The Morgan fingerprint density at radius 2 is 1.80 bits per heavy atom. The fourth-order valence-electron chi connectivity index (χ4n) is 5.89. The molecule has 4 aliphatic carbocycles. The van der Waals surface area contributed by atoms with Crippen molar-refractivity contribution in [2.75, 3.05) is 5.32 Å². The fourth-order valence-corrected chi connectivity index (χ4v) is 6.32. The van der Waals surface area contributed by atoms with E-state index in [4.69, 9.17) is 4.74 Å². The molecule has 0 spiro atoms. The first-order valence-corrected chi connectivity index (χ1v) is 11.1. The second-order valence-electron chi connectivity index (χ2n) is 8.96. The summed E-state index contributed by atoms with van der Waals surface area (Å²) in [5.74, 6) is 2.53. The summed E-state index contributed by atoms with van der Waals surface area (Å²) < 4.78 is 6.90. The van der Waals surface area contributed by atoms with Crippen LogP contribution < -0.4 is 10.1 Å². The molecule has 2 aromatic rings. The van der Waals surface area contributed by atoms with Crippen molar-refractivity contribution >= 4 is 33.2 Å². The lowest BCUT2D eigenvalue weighted by Gasteiger charge is -2.55. The number of aromatic nitrogens is 1. The van der Waals surface area contributed by atoms with Crippen molar-refractivity contribution in [2.45, 2.75) is 44.1 Å². The van der Waals surface area contributed by atoms with Crippen LogP contribution in [0.4, 0.5) is 11.4 Å². The molecule has 1 N–H and O–H groups in total.